The molecule has 5 heteroatoms. The molecule has 0 spiro atoms. The van der Waals surface area contributed by atoms with E-state index < -0.39 is 0 Å². The molecule has 0 heterocycles. The van der Waals surface area contributed by atoms with Crippen LogP contribution in [0.2, 0.25) is 0 Å². The van der Waals surface area contributed by atoms with E-state index in [4.69, 9.17) is 10.5 Å². The number of halogens is 2. The Kier molecular flexibility index (Phi) is 7.43. The minimum atomic E-state index is -0.325. The van der Waals surface area contributed by atoms with Crippen molar-refractivity contribution < 1.29 is 9.53 Å². The number of hydrogen-bond acceptors (Lipinski definition) is 3. The summed E-state index contributed by atoms with van der Waals surface area (Å²) in [7, 11) is 0. The van der Waals surface area contributed by atoms with Gasteiger partial charge >= 0.3 is 5.97 Å². The van der Waals surface area contributed by atoms with Crippen LogP contribution in [0, 0.1) is 6.92 Å². The van der Waals surface area contributed by atoms with E-state index in [0.717, 1.165) is 15.6 Å². The number of nitrogens with two attached hydrogens (primary N) is 1. The van der Waals surface area contributed by atoms with Crippen LogP contribution in [0.1, 0.15) is 30.5 Å². The fourth-order valence-corrected chi connectivity index (χ4v) is 2.23. The van der Waals surface area contributed by atoms with Gasteiger partial charge in [0.15, 0.2) is 0 Å². The van der Waals surface area contributed by atoms with Crippen molar-refractivity contribution in [3.8, 4) is 0 Å². The van der Waals surface area contributed by atoms with E-state index in [9.17, 15) is 4.79 Å². The quantitative estimate of drug-likeness (QED) is 0.867. The van der Waals surface area contributed by atoms with Crippen molar-refractivity contribution >= 4 is 34.3 Å². The topological polar surface area (TPSA) is 52.3 Å². The zero-order valence-electron chi connectivity index (χ0n) is 9.90. The zero-order chi connectivity index (χ0) is 12.1. The molecule has 1 aromatic carbocycles. The van der Waals surface area contributed by atoms with Crippen molar-refractivity contribution in [1.29, 1.82) is 0 Å². The number of esters is 1. The molecule has 2 N–H and O–H groups in total. The van der Waals surface area contributed by atoms with Crippen LogP contribution in [0.5, 0.6) is 0 Å². The molecule has 0 bridgehead atoms. The van der Waals surface area contributed by atoms with E-state index in [1.165, 1.54) is 0 Å². The Morgan fingerprint density at radius 2 is 2.18 bits per heavy atom. The SMILES string of the molecule is CCOC(=O)CC(N)c1ccc(C)cc1Br.Cl. The van der Waals surface area contributed by atoms with Gasteiger partial charge in [-0.1, -0.05) is 28.1 Å². The van der Waals surface area contributed by atoms with Crippen LogP contribution in [-0.2, 0) is 9.53 Å². The summed E-state index contributed by atoms with van der Waals surface area (Å²) in [6.07, 6.45) is 0.204. The molecular weight excluding hydrogens is 305 g/mol. The third-order valence-corrected chi connectivity index (χ3v) is 2.93. The first-order valence-corrected chi connectivity index (χ1v) is 6.01. The van der Waals surface area contributed by atoms with Crippen LogP contribution in [-0.4, -0.2) is 12.6 Å². The highest BCUT2D eigenvalue weighted by Gasteiger charge is 2.14. The van der Waals surface area contributed by atoms with Crippen molar-refractivity contribution in [2.75, 3.05) is 6.61 Å². The summed E-state index contributed by atoms with van der Waals surface area (Å²) in [4.78, 5) is 11.3. The molecule has 0 radical (unpaired) electrons. The highest BCUT2D eigenvalue weighted by Crippen LogP contribution is 2.25. The van der Waals surface area contributed by atoms with Gasteiger partial charge in [0.25, 0.3) is 0 Å². The predicted octanol–water partition coefficient (Wildman–Crippen LogP) is 3.13. The Morgan fingerprint density at radius 1 is 1.53 bits per heavy atom. The molecule has 1 atom stereocenters. The fourth-order valence-electron chi connectivity index (χ4n) is 1.44. The third-order valence-electron chi connectivity index (χ3n) is 2.25. The molecule has 0 saturated carbocycles. The standard InChI is InChI=1S/C12H16BrNO2.ClH/c1-3-16-12(15)7-11(14)9-5-4-8(2)6-10(9)13;/h4-6,11H,3,7,14H2,1-2H3;1H. The monoisotopic (exact) mass is 321 g/mol. The van der Waals surface area contributed by atoms with E-state index in [1.54, 1.807) is 6.92 Å². The molecule has 17 heavy (non-hydrogen) atoms. The lowest BCUT2D eigenvalue weighted by Gasteiger charge is -2.13. The van der Waals surface area contributed by atoms with Crippen LogP contribution in [0.4, 0.5) is 0 Å². The molecule has 0 aliphatic carbocycles. The van der Waals surface area contributed by atoms with Gasteiger partial charge in [-0.2, -0.15) is 0 Å². The summed E-state index contributed by atoms with van der Waals surface area (Å²) in [5, 5.41) is 0. The van der Waals surface area contributed by atoms with Crippen molar-refractivity contribution in [3.63, 3.8) is 0 Å². The van der Waals surface area contributed by atoms with Gasteiger partial charge in [0, 0.05) is 10.5 Å². The molecular formula is C12H17BrClNO2. The van der Waals surface area contributed by atoms with Gasteiger partial charge in [0.1, 0.15) is 0 Å². The maximum atomic E-state index is 11.3. The van der Waals surface area contributed by atoms with Gasteiger partial charge in [0.05, 0.1) is 13.0 Å². The van der Waals surface area contributed by atoms with Crippen LogP contribution in [0.3, 0.4) is 0 Å². The Balaban J connectivity index is 0.00000256. The summed E-state index contributed by atoms with van der Waals surface area (Å²) >= 11 is 3.44. The maximum absolute atomic E-state index is 11.3. The second-order valence-corrected chi connectivity index (χ2v) is 4.49. The molecule has 1 rings (SSSR count). The van der Waals surface area contributed by atoms with Crippen molar-refractivity contribution in [1.82, 2.24) is 0 Å². The van der Waals surface area contributed by atoms with Crippen molar-refractivity contribution in [2.24, 2.45) is 5.73 Å². The average molecular weight is 323 g/mol. The molecule has 0 aliphatic rings. The van der Waals surface area contributed by atoms with Gasteiger partial charge < -0.3 is 10.5 Å². The fraction of sp³-hybridized carbons (Fsp3) is 0.417. The van der Waals surface area contributed by atoms with Gasteiger partial charge in [-0.3, -0.25) is 4.79 Å². The molecule has 0 amide bonds. The molecule has 0 aromatic heterocycles. The predicted molar refractivity (Wildman–Crippen MR) is 74.3 cm³/mol. The van der Waals surface area contributed by atoms with E-state index in [2.05, 4.69) is 15.9 Å². The normalized spacial score (nSPS) is 11.5. The second kappa shape index (κ2) is 7.69. The molecule has 96 valence electrons. The van der Waals surface area contributed by atoms with Crippen LogP contribution < -0.4 is 5.73 Å². The van der Waals surface area contributed by atoms with E-state index in [-0.39, 0.29) is 30.8 Å². The van der Waals surface area contributed by atoms with E-state index in [1.807, 2.05) is 25.1 Å². The van der Waals surface area contributed by atoms with Crippen LogP contribution in [0.25, 0.3) is 0 Å². The number of ether oxygens (including phenoxy) is 1. The number of carbonyl (C=O) groups excluding carboxylic acids is 1. The first-order valence-electron chi connectivity index (χ1n) is 5.21. The molecule has 3 nitrogen and oxygen atoms in total. The number of hydrogen-bond donors (Lipinski definition) is 1. The Morgan fingerprint density at radius 3 is 2.71 bits per heavy atom. The van der Waals surface area contributed by atoms with Crippen molar-refractivity contribution in [3.05, 3.63) is 33.8 Å². The lowest BCUT2D eigenvalue weighted by molar-refractivity contribution is -0.143. The second-order valence-electron chi connectivity index (χ2n) is 3.64. The average Bonchev–Trinajstić information content (AvgIpc) is 2.17. The molecule has 0 fully saturated rings. The molecule has 1 unspecified atom stereocenters. The molecule has 0 saturated heterocycles. The van der Waals surface area contributed by atoms with Gasteiger partial charge in [-0.05, 0) is 31.0 Å². The number of aryl methyl sites for hydroxylation is 1. The third kappa shape index (κ3) is 5.06. The minimum absolute atomic E-state index is 0. The highest BCUT2D eigenvalue weighted by atomic mass is 79.9. The zero-order valence-corrected chi connectivity index (χ0v) is 12.3. The number of rotatable bonds is 4. The maximum Gasteiger partial charge on any atom is 0.307 e. The number of benzene rings is 1. The van der Waals surface area contributed by atoms with Crippen LogP contribution >= 0.6 is 28.3 Å². The largest absolute Gasteiger partial charge is 0.466 e. The minimum Gasteiger partial charge on any atom is -0.466 e. The molecule has 0 aliphatic heterocycles. The summed E-state index contributed by atoms with van der Waals surface area (Å²) in [6.45, 7) is 4.18. The van der Waals surface area contributed by atoms with Crippen molar-refractivity contribution in [2.45, 2.75) is 26.3 Å². The first kappa shape index (κ1) is 16.4. The highest BCUT2D eigenvalue weighted by molar-refractivity contribution is 9.10. The summed E-state index contributed by atoms with van der Waals surface area (Å²) in [5.41, 5.74) is 8.03. The van der Waals surface area contributed by atoms with Crippen LogP contribution in [0.15, 0.2) is 22.7 Å². The summed E-state index contributed by atoms with van der Waals surface area (Å²) < 4.78 is 5.80. The van der Waals surface area contributed by atoms with Gasteiger partial charge in [-0.15, -0.1) is 12.4 Å². The Hall–Kier alpha value is -0.580. The molecule has 1 aromatic rings. The van der Waals surface area contributed by atoms with Gasteiger partial charge in [0.2, 0.25) is 0 Å². The van der Waals surface area contributed by atoms with Gasteiger partial charge in [-0.25, -0.2) is 0 Å². The first-order chi connectivity index (χ1) is 7.54. The van der Waals surface area contributed by atoms with E-state index in [0.29, 0.717) is 6.61 Å². The summed E-state index contributed by atoms with van der Waals surface area (Å²) in [6, 6.07) is 5.57. The lowest BCUT2D eigenvalue weighted by Crippen LogP contribution is -2.17. The summed E-state index contributed by atoms with van der Waals surface area (Å²) in [5.74, 6) is -0.262. The Bertz CT molecular complexity index is 385. The Labute approximate surface area is 116 Å². The smallest absolute Gasteiger partial charge is 0.307 e. The number of carbonyl (C=O) groups is 1. The van der Waals surface area contributed by atoms with E-state index >= 15 is 0 Å². The lowest BCUT2D eigenvalue weighted by atomic mass is 10.0.